The zero-order chi connectivity index (χ0) is 21.9. The van der Waals surface area contributed by atoms with Crippen molar-refractivity contribution in [3.63, 3.8) is 0 Å². The van der Waals surface area contributed by atoms with Crippen molar-refractivity contribution in [3.8, 4) is 0 Å². The van der Waals surface area contributed by atoms with Crippen molar-refractivity contribution in [1.29, 1.82) is 0 Å². The molecule has 2 aromatic heterocycles. The number of thiazole rings is 1. The Bertz CT molecular complexity index is 1060. The van der Waals surface area contributed by atoms with Crippen LogP contribution in [-0.4, -0.2) is 102 Å². The summed E-state index contributed by atoms with van der Waals surface area (Å²) in [4.78, 5) is 25.8. The van der Waals surface area contributed by atoms with E-state index < -0.39 is 0 Å². The number of aliphatic hydroxyl groups is 1. The molecule has 0 radical (unpaired) electrons. The third-order valence-electron chi connectivity index (χ3n) is 6.22. The van der Waals surface area contributed by atoms with Crippen molar-refractivity contribution in [1.82, 2.24) is 25.0 Å². The number of hydrogen-bond donors (Lipinski definition) is 1. The largest absolute Gasteiger partial charge is 0.395 e. The molecule has 2 fully saturated rings. The summed E-state index contributed by atoms with van der Waals surface area (Å²) < 4.78 is 1.04. The summed E-state index contributed by atoms with van der Waals surface area (Å²) in [6.45, 7) is 7.37. The first-order chi connectivity index (χ1) is 15.7. The number of nitrogens with zero attached hydrogens (tertiary/aromatic N) is 7. The van der Waals surface area contributed by atoms with E-state index >= 15 is 0 Å². The smallest absolute Gasteiger partial charge is 0.254 e. The van der Waals surface area contributed by atoms with Gasteiger partial charge in [-0.1, -0.05) is 0 Å². The minimum Gasteiger partial charge on any atom is -0.395 e. The Morgan fingerprint density at radius 1 is 0.906 bits per heavy atom. The molecular formula is C22H27N7O2S. The van der Waals surface area contributed by atoms with Gasteiger partial charge in [0.2, 0.25) is 0 Å². The maximum atomic E-state index is 12.9. The van der Waals surface area contributed by atoms with Crippen LogP contribution in [0.2, 0.25) is 0 Å². The van der Waals surface area contributed by atoms with Crippen molar-refractivity contribution in [2.75, 3.05) is 75.3 Å². The number of anilines is 2. The molecule has 2 aliphatic heterocycles. The Morgan fingerprint density at radius 2 is 1.56 bits per heavy atom. The second-order valence-corrected chi connectivity index (χ2v) is 9.00. The highest BCUT2D eigenvalue weighted by molar-refractivity contribution is 7.16. The van der Waals surface area contributed by atoms with Crippen molar-refractivity contribution in [2.24, 2.45) is 0 Å². The lowest BCUT2D eigenvalue weighted by Crippen LogP contribution is -2.49. The molecule has 1 N–H and O–H groups in total. The summed E-state index contributed by atoms with van der Waals surface area (Å²) in [6, 6.07) is 9.78. The minimum absolute atomic E-state index is 0.0710. The maximum Gasteiger partial charge on any atom is 0.254 e. The molecule has 1 aromatic carbocycles. The normalized spacial score (nSPS) is 17.8. The van der Waals surface area contributed by atoms with Crippen molar-refractivity contribution in [2.45, 2.75) is 0 Å². The van der Waals surface area contributed by atoms with Crippen LogP contribution in [0.15, 0.2) is 35.8 Å². The minimum atomic E-state index is 0.0710. The molecule has 1 amide bonds. The lowest BCUT2D eigenvalue weighted by atomic mass is 10.1. The fourth-order valence-corrected chi connectivity index (χ4v) is 5.02. The average molecular weight is 454 g/mol. The van der Waals surface area contributed by atoms with Crippen LogP contribution in [0.5, 0.6) is 0 Å². The SMILES string of the molecule is O=C(c1ccc2ncsc2c1)N1CCN(c2ccc(N3CCN(CCO)CC3)nn2)CC1. The molecule has 5 rings (SSSR count). The van der Waals surface area contributed by atoms with Gasteiger partial charge in [-0.15, -0.1) is 21.5 Å². The molecule has 10 heteroatoms. The predicted molar refractivity (Wildman–Crippen MR) is 126 cm³/mol. The molecule has 0 unspecified atom stereocenters. The van der Waals surface area contributed by atoms with Gasteiger partial charge < -0.3 is 19.8 Å². The molecule has 0 aliphatic carbocycles. The average Bonchev–Trinajstić information content (AvgIpc) is 3.33. The molecule has 9 nitrogen and oxygen atoms in total. The fraction of sp³-hybridized carbons (Fsp3) is 0.455. The number of aromatic nitrogens is 3. The molecule has 0 atom stereocenters. The van der Waals surface area contributed by atoms with Crippen molar-refractivity contribution in [3.05, 3.63) is 41.4 Å². The molecule has 2 saturated heterocycles. The van der Waals surface area contributed by atoms with E-state index in [1.165, 1.54) is 0 Å². The lowest BCUT2D eigenvalue weighted by Gasteiger charge is -2.36. The summed E-state index contributed by atoms with van der Waals surface area (Å²) in [5, 5.41) is 18.0. The maximum absolute atomic E-state index is 12.9. The number of β-amino-alcohol motifs (C(OH)–C–C–N with tert-alkyl or cyclic N) is 1. The van der Waals surface area contributed by atoms with Crippen LogP contribution in [0.25, 0.3) is 10.2 Å². The number of aliphatic hydroxyl groups excluding tert-OH is 1. The van der Waals surface area contributed by atoms with Gasteiger partial charge in [0.1, 0.15) is 0 Å². The predicted octanol–water partition coefficient (Wildman–Crippen LogP) is 1.16. The number of hydrogen-bond acceptors (Lipinski definition) is 9. The molecule has 3 aromatic rings. The van der Waals surface area contributed by atoms with Crippen molar-refractivity contribution < 1.29 is 9.90 Å². The van der Waals surface area contributed by atoms with Crippen LogP contribution in [0.3, 0.4) is 0 Å². The monoisotopic (exact) mass is 453 g/mol. The number of fused-ring (bicyclic) bond motifs is 1. The van der Waals surface area contributed by atoms with E-state index in [0.717, 1.165) is 73.2 Å². The molecule has 0 bridgehead atoms. The first-order valence-corrected chi connectivity index (χ1v) is 11.9. The summed E-state index contributed by atoms with van der Waals surface area (Å²) in [5.74, 6) is 1.82. The standard InChI is InChI=1S/C22H27N7O2S/c30-14-13-26-5-7-27(8-6-26)20-3-4-21(25-24-20)28-9-11-29(12-10-28)22(31)17-1-2-18-19(15-17)32-16-23-18/h1-4,15-16,30H,5-14H2. The Labute approximate surface area is 190 Å². The van der Waals surface area contributed by atoms with Gasteiger partial charge >= 0.3 is 0 Å². The van der Waals surface area contributed by atoms with Gasteiger partial charge in [0.15, 0.2) is 11.6 Å². The zero-order valence-corrected chi connectivity index (χ0v) is 18.7. The number of carbonyl (C=O) groups is 1. The molecule has 168 valence electrons. The highest BCUT2D eigenvalue weighted by atomic mass is 32.1. The highest BCUT2D eigenvalue weighted by Crippen LogP contribution is 2.22. The first-order valence-electron chi connectivity index (χ1n) is 11.0. The Hall–Kier alpha value is -2.82. The molecular weight excluding hydrogens is 426 g/mol. The van der Waals surface area contributed by atoms with Gasteiger partial charge in [0.25, 0.3) is 5.91 Å². The molecule has 0 saturated carbocycles. The van der Waals surface area contributed by atoms with Crippen LogP contribution < -0.4 is 9.80 Å². The Balaban J connectivity index is 1.16. The molecule has 0 spiro atoms. The summed E-state index contributed by atoms with van der Waals surface area (Å²) in [6.07, 6.45) is 0. The van der Waals surface area contributed by atoms with Crippen LogP contribution in [0, 0.1) is 0 Å². The van der Waals surface area contributed by atoms with E-state index in [2.05, 4.69) is 29.9 Å². The van der Waals surface area contributed by atoms with E-state index in [1.54, 1.807) is 16.8 Å². The number of carbonyl (C=O) groups excluding carboxylic acids is 1. The van der Waals surface area contributed by atoms with E-state index in [4.69, 9.17) is 5.11 Å². The van der Waals surface area contributed by atoms with Crippen LogP contribution in [0.1, 0.15) is 10.4 Å². The van der Waals surface area contributed by atoms with E-state index in [9.17, 15) is 4.79 Å². The first kappa shape index (κ1) is 21.0. The molecule has 32 heavy (non-hydrogen) atoms. The van der Waals surface area contributed by atoms with Gasteiger partial charge in [0.05, 0.1) is 22.3 Å². The van der Waals surface area contributed by atoms with E-state index in [-0.39, 0.29) is 12.5 Å². The lowest BCUT2D eigenvalue weighted by molar-refractivity contribution is 0.0746. The number of benzene rings is 1. The van der Waals surface area contributed by atoms with Gasteiger partial charge in [-0.05, 0) is 30.3 Å². The third kappa shape index (κ3) is 4.38. The summed E-state index contributed by atoms with van der Waals surface area (Å²) in [5.41, 5.74) is 3.46. The Morgan fingerprint density at radius 3 is 2.19 bits per heavy atom. The van der Waals surface area contributed by atoms with Crippen LogP contribution in [-0.2, 0) is 0 Å². The Kier molecular flexibility index (Phi) is 6.15. The van der Waals surface area contributed by atoms with Crippen LogP contribution in [0.4, 0.5) is 11.6 Å². The number of amides is 1. The molecule has 4 heterocycles. The van der Waals surface area contributed by atoms with Gasteiger partial charge in [-0.25, -0.2) is 4.98 Å². The van der Waals surface area contributed by atoms with E-state index in [0.29, 0.717) is 13.1 Å². The van der Waals surface area contributed by atoms with Crippen molar-refractivity contribution >= 4 is 39.1 Å². The molecule has 2 aliphatic rings. The zero-order valence-electron chi connectivity index (χ0n) is 17.9. The van der Waals surface area contributed by atoms with Gasteiger partial charge in [-0.2, -0.15) is 0 Å². The topological polar surface area (TPSA) is 88.9 Å². The second kappa shape index (κ2) is 9.35. The van der Waals surface area contributed by atoms with Crippen LogP contribution >= 0.6 is 11.3 Å². The van der Waals surface area contributed by atoms with E-state index in [1.807, 2.05) is 35.2 Å². The number of rotatable bonds is 5. The number of piperazine rings is 2. The van der Waals surface area contributed by atoms with Gasteiger partial charge in [0, 0.05) is 64.5 Å². The summed E-state index contributed by atoms with van der Waals surface area (Å²) in [7, 11) is 0. The highest BCUT2D eigenvalue weighted by Gasteiger charge is 2.24. The summed E-state index contributed by atoms with van der Waals surface area (Å²) >= 11 is 1.56. The quantitative estimate of drug-likeness (QED) is 0.616. The third-order valence-corrected chi connectivity index (χ3v) is 7.01. The second-order valence-electron chi connectivity index (χ2n) is 8.12. The van der Waals surface area contributed by atoms with Gasteiger partial charge in [-0.3, -0.25) is 9.69 Å². The fourth-order valence-electron chi connectivity index (χ4n) is 4.31.